The molecule has 0 fully saturated rings. The lowest BCUT2D eigenvalue weighted by molar-refractivity contribution is -0.00835. The summed E-state index contributed by atoms with van der Waals surface area (Å²) in [5, 5.41) is 14.4. The summed E-state index contributed by atoms with van der Waals surface area (Å²) < 4.78 is 74.8. The van der Waals surface area contributed by atoms with Crippen molar-refractivity contribution in [1.82, 2.24) is 14.4 Å². The first-order chi connectivity index (χ1) is 23.0. The number of hydrogen-bond donors (Lipinski definition) is 2. The number of aryl methyl sites for hydroxylation is 2. The van der Waals surface area contributed by atoms with Gasteiger partial charge in [-0.1, -0.05) is 23.7 Å². The molecule has 0 bridgehead atoms. The number of carbonyl (C=O) groups is 1. The van der Waals surface area contributed by atoms with Crippen LogP contribution in [-0.4, -0.2) is 93.8 Å². The Kier molecular flexibility index (Phi) is 12.8. The van der Waals surface area contributed by atoms with E-state index in [-0.39, 0.29) is 64.0 Å². The molecule has 0 aliphatic carbocycles. The topological polar surface area (TPSA) is 169 Å². The highest BCUT2D eigenvalue weighted by molar-refractivity contribution is 7.92. The van der Waals surface area contributed by atoms with Crippen LogP contribution in [0, 0.1) is 19.8 Å². The molecule has 0 unspecified atom stereocenters. The first-order valence-electron chi connectivity index (χ1n) is 16.1. The fourth-order valence-corrected chi connectivity index (χ4v) is 8.27. The van der Waals surface area contributed by atoms with Gasteiger partial charge in [-0.2, -0.15) is 4.31 Å². The number of halogens is 1. The molecule has 1 amide bonds. The summed E-state index contributed by atoms with van der Waals surface area (Å²) >= 11 is 5.94. The van der Waals surface area contributed by atoms with Crippen LogP contribution in [0.1, 0.15) is 61.8 Å². The molecule has 0 radical (unpaired) electrons. The molecular formula is C33H45ClN4O9S2. The average Bonchev–Trinajstić information content (AvgIpc) is 3.40. The number of anilines is 1. The lowest BCUT2D eigenvalue weighted by Crippen LogP contribution is -2.48. The fourth-order valence-electron chi connectivity index (χ4n) is 5.63. The summed E-state index contributed by atoms with van der Waals surface area (Å²) in [6.45, 7) is 8.59. The van der Waals surface area contributed by atoms with Crippen molar-refractivity contribution in [2.24, 2.45) is 5.92 Å². The number of fused-ring (bicyclic) bond motifs is 1. The van der Waals surface area contributed by atoms with Gasteiger partial charge >= 0.3 is 0 Å². The molecule has 0 spiro atoms. The molecule has 1 aliphatic rings. The normalized spacial score (nSPS) is 20.7. The number of amides is 1. The molecule has 0 saturated heterocycles. The van der Waals surface area contributed by atoms with E-state index in [4.69, 9.17) is 25.6 Å². The molecule has 2 aromatic carbocycles. The van der Waals surface area contributed by atoms with Crippen molar-refractivity contribution in [1.29, 1.82) is 0 Å². The van der Waals surface area contributed by atoms with E-state index in [1.807, 2.05) is 13.8 Å². The highest BCUT2D eigenvalue weighted by atomic mass is 35.5. The van der Waals surface area contributed by atoms with Crippen LogP contribution in [0.5, 0.6) is 5.75 Å². The van der Waals surface area contributed by atoms with E-state index in [9.17, 15) is 26.7 Å². The molecule has 1 aliphatic heterocycles. The maximum atomic E-state index is 14.4. The van der Waals surface area contributed by atoms with Gasteiger partial charge in [0, 0.05) is 43.4 Å². The third-order valence-corrected chi connectivity index (χ3v) is 12.2. The van der Waals surface area contributed by atoms with E-state index in [0.717, 1.165) is 6.42 Å². The summed E-state index contributed by atoms with van der Waals surface area (Å²) in [7, 11) is -6.54. The van der Waals surface area contributed by atoms with Gasteiger partial charge in [0.15, 0.2) is 5.76 Å². The molecule has 2 heterocycles. The molecule has 4 atom stereocenters. The van der Waals surface area contributed by atoms with Crippen molar-refractivity contribution in [2.75, 3.05) is 38.1 Å². The number of nitrogens with one attached hydrogen (secondary N) is 1. The Labute approximate surface area is 293 Å². The van der Waals surface area contributed by atoms with Gasteiger partial charge in [-0.3, -0.25) is 9.52 Å². The summed E-state index contributed by atoms with van der Waals surface area (Å²) in [5.41, 5.74) is 0.488. The number of benzene rings is 2. The number of aliphatic hydroxyl groups is 1. The highest BCUT2D eigenvalue weighted by Crippen LogP contribution is 2.30. The monoisotopic (exact) mass is 740 g/mol. The van der Waals surface area contributed by atoms with Crippen LogP contribution in [0.25, 0.3) is 0 Å². The first kappa shape index (κ1) is 38.6. The van der Waals surface area contributed by atoms with Gasteiger partial charge in [-0.05, 0) is 89.4 Å². The maximum absolute atomic E-state index is 14.4. The largest absolute Gasteiger partial charge is 0.490 e. The molecule has 4 rings (SSSR count). The number of aromatic nitrogens is 1. The minimum Gasteiger partial charge on any atom is -0.490 e. The SMILES string of the molecule is Cc1noc(C)c1S(=O)(=O)N(C)C[C@@H]1OCCCC[C@H](C)Oc2ccc(NS(=O)(=O)c3ccc(Cl)cc3)cc2C(=O)N([C@H](C)CO)C[C@@H]1C. The van der Waals surface area contributed by atoms with Gasteiger partial charge in [0.25, 0.3) is 15.9 Å². The average molecular weight is 741 g/mol. The second-order valence-electron chi connectivity index (χ2n) is 12.5. The van der Waals surface area contributed by atoms with Crippen molar-refractivity contribution < 1.29 is 40.7 Å². The van der Waals surface area contributed by atoms with Gasteiger partial charge in [0.2, 0.25) is 10.0 Å². The zero-order valence-corrected chi connectivity index (χ0v) is 30.9. The highest BCUT2D eigenvalue weighted by Gasteiger charge is 2.34. The van der Waals surface area contributed by atoms with Crippen molar-refractivity contribution in [2.45, 2.75) is 81.9 Å². The van der Waals surface area contributed by atoms with Crippen LogP contribution in [0.3, 0.4) is 0 Å². The summed E-state index contributed by atoms with van der Waals surface area (Å²) in [6.07, 6.45) is 1.14. The zero-order valence-electron chi connectivity index (χ0n) is 28.5. The van der Waals surface area contributed by atoms with Gasteiger partial charge in [-0.15, -0.1) is 0 Å². The van der Waals surface area contributed by atoms with Gasteiger partial charge in [0.05, 0.1) is 35.3 Å². The van der Waals surface area contributed by atoms with Crippen molar-refractivity contribution in [3.8, 4) is 5.75 Å². The van der Waals surface area contributed by atoms with Crippen LogP contribution >= 0.6 is 11.6 Å². The van der Waals surface area contributed by atoms with E-state index >= 15 is 0 Å². The minimum absolute atomic E-state index is 0.00216. The number of likely N-dealkylation sites (N-methyl/N-ethyl adjacent to an activating group) is 1. The second-order valence-corrected chi connectivity index (χ2v) is 16.6. The Balaban J connectivity index is 1.69. The summed E-state index contributed by atoms with van der Waals surface area (Å²) in [5.74, 6) is -0.457. The number of ether oxygens (including phenoxy) is 2. The van der Waals surface area contributed by atoms with Crippen molar-refractivity contribution >= 4 is 43.2 Å². The molecule has 49 heavy (non-hydrogen) atoms. The maximum Gasteiger partial charge on any atom is 0.261 e. The predicted molar refractivity (Wildman–Crippen MR) is 185 cm³/mol. The van der Waals surface area contributed by atoms with Crippen molar-refractivity contribution in [3.63, 3.8) is 0 Å². The molecule has 270 valence electrons. The standard InChI is InChI=1S/C33H45ClN4O9S2/c1-21-18-38(22(2)20-39)33(40)29-17-27(36-48(41,42)28-13-10-26(34)11-14-28)12-15-30(29)46-23(3)9-7-8-16-45-31(21)19-37(6)49(43,44)32-24(4)35-47-25(32)5/h10-15,17,21-23,31,36,39H,7-9,16,18-20H2,1-6H3/t21-,22+,23-,31-/m0/s1. The van der Waals surface area contributed by atoms with E-state index in [1.54, 1.807) is 19.9 Å². The third-order valence-electron chi connectivity index (χ3n) is 8.50. The van der Waals surface area contributed by atoms with E-state index < -0.39 is 44.0 Å². The van der Waals surface area contributed by atoms with Gasteiger partial charge in [0.1, 0.15) is 16.3 Å². The van der Waals surface area contributed by atoms with Crippen LogP contribution in [0.4, 0.5) is 5.69 Å². The number of carbonyl (C=O) groups excluding carboxylic acids is 1. The Bertz CT molecular complexity index is 1800. The number of sulfonamides is 2. The smallest absolute Gasteiger partial charge is 0.261 e. The zero-order chi connectivity index (χ0) is 36.1. The summed E-state index contributed by atoms with van der Waals surface area (Å²) in [4.78, 5) is 15.8. The van der Waals surface area contributed by atoms with E-state index in [1.165, 1.54) is 59.6 Å². The first-order valence-corrected chi connectivity index (χ1v) is 19.4. The second kappa shape index (κ2) is 16.2. The number of hydrogen-bond acceptors (Lipinski definition) is 10. The quantitative estimate of drug-likeness (QED) is 0.309. The Morgan fingerprint density at radius 1 is 1.10 bits per heavy atom. The Hall–Kier alpha value is -3.21. The molecule has 2 N–H and O–H groups in total. The molecule has 0 saturated carbocycles. The Morgan fingerprint density at radius 3 is 2.43 bits per heavy atom. The molecular weight excluding hydrogens is 696 g/mol. The lowest BCUT2D eigenvalue weighted by Gasteiger charge is -2.35. The van der Waals surface area contributed by atoms with E-state index in [2.05, 4.69) is 9.88 Å². The minimum atomic E-state index is -4.02. The molecule has 13 nitrogen and oxygen atoms in total. The van der Waals surface area contributed by atoms with Crippen LogP contribution < -0.4 is 9.46 Å². The van der Waals surface area contributed by atoms with Crippen LogP contribution in [0.2, 0.25) is 5.02 Å². The predicted octanol–water partition coefficient (Wildman–Crippen LogP) is 4.86. The number of nitrogens with zero attached hydrogens (tertiary/aromatic N) is 3. The summed E-state index contributed by atoms with van der Waals surface area (Å²) in [6, 6.07) is 9.53. The van der Waals surface area contributed by atoms with E-state index in [0.29, 0.717) is 24.5 Å². The Morgan fingerprint density at radius 2 is 1.80 bits per heavy atom. The van der Waals surface area contributed by atoms with Crippen molar-refractivity contribution in [3.05, 3.63) is 64.5 Å². The molecule has 3 aromatic rings. The molecule has 16 heteroatoms. The van der Waals surface area contributed by atoms with Gasteiger partial charge in [-0.25, -0.2) is 16.8 Å². The van der Waals surface area contributed by atoms with Crippen LogP contribution in [0.15, 0.2) is 56.8 Å². The van der Waals surface area contributed by atoms with Crippen LogP contribution in [-0.2, 0) is 24.8 Å². The molecule has 1 aromatic heterocycles. The lowest BCUT2D eigenvalue weighted by atomic mass is 10.0. The number of rotatable bonds is 9. The van der Waals surface area contributed by atoms with Gasteiger partial charge < -0.3 is 24.0 Å². The third kappa shape index (κ3) is 9.32. The fraction of sp³-hybridized carbons (Fsp3) is 0.515. The number of aliphatic hydroxyl groups excluding tert-OH is 1.